The molecular weight excluding hydrogens is 466 g/mol. The van der Waals surface area contributed by atoms with Crippen molar-refractivity contribution in [2.75, 3.05) is 16.8 Å². The number of urea groups is 1. The van der Waals surface area contributed by atoms with Gasteiger partial charge in [0, 0.05) is 17.3 Å². The molecule has 1 aliphatic heterocycles. The number of hydrogen-bond donors (Lipinski definition) is 1. The summed E-state index contributed by atoms with van der Waals surface area (Å²) >= 11 is 5.99. The van der Waals surface area contributed by atoms with Crippen molar-refractivity contribution in [2.24, 2.45) is 0 Å². The first-order valence-electron chi connectivity index (χ1n) is 11.3. The summed E-state index contributed by atoms with van der Waals surface area (Å²) in [5.74, 6) is -0.105. The van der Waals surface area contributed by atoms with E-state index in [2.05, 4.69) is 5.32 Å². The van der Waals surface area contributed by atoms with Gasteiger partial charge in [0.15, 0.2) is 0 Å². The van der Waals surface area contributed by atoms with Gasteiger partial charge in [-0.1, -0.05) is 41.4 Å². The molecule has 3 aromatic rings. The number of carbonyl (C=O) groups excluding carboxylic acids is 3. The van der Waals surface area contributed by atoms with Crippen molar-refractivity contribution in [3.8, 4) is 5.75 Å². The summed E-state index contributed by atoms with van der Waals surface area (Å²) in [5, 5.41) is 3.38. The molecule has 4 amide bonds. The number of nitrogens with zero attached hydrogens (tertiary/aromatic N) is 2. The van der Waals surface area contributed by atoms with Crippen molar-refractivity contribution < 1.29 is 19.1 Å². The number of hydrogen-bond acceptors (Lipinski definition) is 4. The second-order valence-corrected chi connectivity index (χ2v) is 8.71. The highest BCUT2D eigenvalue weighted by Gasteiger charge is 2.46. The SMILES string of the molecule is CCOc1ccc(NC(=O)C[C@@H]2C(=O)N(c3ccc(C)cc3)C(=O)N2Cc2ccc(Cl)cc2)cc1. The third kappa shape index (κ3) is 5.63. The predicted octanol–water partition coefficient (Wildman–Crippen LogP) is 5.41. The standard InChI is InChI=1S/C27H26ClN3O4/c1-3-35-23-14-10-21(11-15-23)29-25(32)16-24-26(33)31(22-12-4-18(2)5-13-22)27(34)30(24)17-19-6-8-20(28)9-7-19/h4-15,24H,3,16-17H2,1-2H3,(H,29,32)/t24-/m1/s1. The number of ether oxygens (including phenoxy) is 1. The molecule has 0 radical (unpaired) electrons. The number of aryl methyl sites for hydroxylation is 1. The zero-order chi connectivity index (χ0) is 24.9. The van der Waals surface area contributed by atoms with Crippen LogP contribution < -0.4 is 15.0 Å². The van der Waals surface area contributed by atoms with Crippen LogP contribution in [0.1, 0.15) is 24.5 Å². The molecule has 1 atom stereocenters. The summed E-state index contributed by atoms with van der Waals surface area (Å²) in [6.07, 6.45) is -0.173. The zero-order valence-corrected chi connectivity index (χ0v) is 20.3. The zero-order valence-electron chi connectivity index (χ0n) is 19.5. The first-order chi connectivity index (χ1) is 16.9. The molecule has 1 aliphatic rings. The van der Waals surface area contributed by atoms with Crippen LogP contribution in [0.5, 0.6) is 5.75 Å². The third-order valence-electron chi connectivity index (χ3n) is 5.70. The Bertz CT molecular complexity index is 1210. The van der Waals surface area contributed by atoms with Gasteiger partial charge in [0.05, 0.1) is 18.7 Å². The van der Waals surface area contributed by atoms with E-state index in [1.54, 1.807) is 60.7 Å². The Balaban J connectivity index is 1.56. The first-order valence-corrected chi connectivity index (χ1v) is 11.7. The molecule has 3 aromatic carbocycles. The average molecular weight is 492 g/mol. The Hall–Kier alpha value is -3.84. The topological polar surface area (TPSA) is 79.0 Å². The predicted molar refractivity (Wildman–Crippen MR) is 136 cm³/mol. The Morgan fingerprint density at radius 1 is 0.971 bits per heavy atom. The maximum atomic E-state index is 13.4. The summed E-state index contributed by atoms with van der Waals surface area (Å²) in [7, 11) is 0. The highest BCUT2D eigenvalue weighted by molar-refractivity contribution is 6.30. The highest BCUT2D eigenvalue weighted by atomic mass is 35.5. The van der Waals surface area contributed by atoms with Crippen LogP contribution in [0.25, 0.3) is 0 Å². The van der Waals surface area contributed by atoms with Crippen molar-refractivity contribution >= 4 is 40.8 Å². The number of anilines is 2. The van der Waals surface area contributed by atoms with Gasteiger partial charge in [-0.3, -0.25) is 9.59 Å². The van der Waals surface area contributed by atoms with Gasteiger partial charge in [-0.05, 0) is 67.9 Å². The van der Waals surface area contributed by atoms with E-state index >= 15 is 0 Å². The monoisotopic (exact) mass is 491 g/mol. The normalized spacial score (nSPS) is 15.5. The number of halogens is 1. The molecule has 0 spiro atoms. The van der Waals surface area contributed by atoms with Crippen LogP contribution in [-0.2, 0) is 16.1 Å². The Kier molecular flexibility index (Phi) is 7.36. The fourth-order valence-electron chi connectivity index (χ4n) is 3.92. The van der Waals surface area contributed by atoms with Crippen LogP contribution in [-0.4, -0.2) is 35.4 Å². The quantitative estimate of drug-likeness (QED) is 0.427. The second-order valence-electron chi connectivity index (χ2n) is 8.27. The summed E-state index contributed by atoms with van der Waals surface area (Å²) in [6, 6.07) is 19.8. The van der Waals surface area contributed by atoms with Crippen LogP contribution in [0.4, 0.5) is 16.2 Å². The van der Waals surface area contributed by atoms with E-state index in [4.69, 9.17) is 16.3 Å². The molecule has 0 bridgehead atoms. The molecule has 0 aliphatic carbocycles. The van der Waals surface area contributed by atoms with Gasteiger partial charge in [0.25, 0.3) is 5.91 Å². The molecule has 8 heteroatoms. The maximum absolute atomic E-state index is 13.4. The van der Waals surface area contributed by atoms with Gasteiger partial charge >= 0.3 is 6.03 Å². The minimum Gasteiger partial charge on any atom is -0.494 e. The Morgan fingerprint density at radius 2 is 1.63 bits per heavy atom. The lowest BCUT2D eigenvalue weighted by atomic mass is 10.1. The van der Waals surface area contributed by atoms with Gasteiger partial charge in [-0.15, -0.1) is 0 Å². The van der Waals surface area contributed by atoms with Crippen molar-refractivity contribution in [1.82, 2.24) is 4.90 Å². The van der Waals surface area contributed by atoms with E-state index in [1.165, 1.54) is 4.90 Å². The van der Waals surface area contributed by atoms with Gasteiger partial charge in [0.2, 0.25) is 5.91 Å². The van der Waals surface area contributed by atoms with Gasteiger partial charge in [-0.2, -0.15) is 0 Å². The molecule has 180 valence electrons. The minimum atomic E-state index is -0.942. The van der Waals surface area contributed by atoms with Crippen LogP contribution >= 0.6 is 11.6 Å². The summed E-state index contributed by atoms with van der Waals surface area (Å²) in [5.41, 5.74) is 2.87. The van der Waals surface area contributed by atoms with E-state index in [1.807, 2.05) is 26.0 Å². The highest BCUT2D eigenvalue weighted by Crippen LogP contribution is 2.29. The van der Waals surface area contributed by atoms with E-state index in [9.17, 15) is 14.4 Å². The number of imide groups is 1. The number of benzene rings is 3. The van der Waals surface area contributed by atoms with Crippen LogP contribution in [0.2, 0.25) is 5.02 Å². The second kappa shape index (κ2) is 10.6. The van der Waals surface area contributed by atoms with E-state index in [-0.39, 0.29) is 18.9 Å². The van der Waals surface area contributed by atoms with Crippen LogP contribution in [0, 0.1) is 6.92 Å². The fourth-order valence-corrected chi connectivity index (χ4v) is 4.05. The Labute approximate surface area is 209 Å². The summed E-state index contributed by atoms with van der Waals surface area (Å²) in [4.78, 5) is 42.3. The van der Waals surface area contributed by atoms with Crippen molar-refractivity contribution in [3.05, 3.63) is 88.9 Å². The molecule has 4 rings (SSSR count). The fraction of sp³-hybridized carbons (Fsp3) is 0.222. The van der Waals surface area contributed by atoms with Crippen molar-refractivity contribution in [2.45, 2.75) is 32.9 Å². The number of nitrogens with one attached hydrogen (secondary N) is 1. The summed E-state index contributed by atoms with van der Waals surface area (Å²) in [6.45, 7) is 4.54. The molecule has 1 heterocycles. The molecule has 1 saturated heterocycles. The van der Waals surface area contributed by atoms with Crippen LogP contribution in [0.15, 0.2) is 72.8 Å². The van der Waals surface area contributed by atoms with Gasteiger partial charge < -0.3 is 15.0 Å². The summed E-state index contributed by atoms with van der Waals surface area (Å²) < 4.78 is 5.42. The lowest BCUT2D eigenvalue weighted by Gasteiger charge is -2.21. The van der Waals surface area contributed by atoms with Crippen LogP contribution in [0.3, 0.4) is 0 Å². The van der Waals surface area contributed by atoms with Gasteiger partial charge in [-0.25, -0.2) is 9.69 Å². The maximum Gasteiger partial charge on any atom is 0.332 e. The molecule has 7 nitrogen and oxygen atoms in total. The smallest absolute Gasteiger partial charge is 0.332 e. The van der Waals surface area contributed by atoms with E-state index < -0.39 is 18.0 Å². The van der Waals surface area contributed by atoms with Gasteiger partial charge in [0.1, 0.15) is 11.8 Å². The molecule has 35 heavy (non-hydrogen) atoms. The lowest BCUT2D eigenvalue weighted by Crippen LogP contribution is -2.37. The average Bonchev–Trinajstić information content (AvgIpc) is 3.06. The molecule has 1 N–H and O–H groups in total. The number of carbonyl (C=O) groups is 3. The Morgan fingerprint density at radius 3 is 2.26 bits per heavy atom. The lowest BCUT2D eigenvalue weighted by molar-refractivity contribution is -0.124. The van der Waals surface area contributed by atoms with E-state index in [0.717, 1.165) is 16.0 Å². The largest absolute Gasteiger partial charge is 0.494 e. The third-order valence-corrected chi connectivity index (χ3v) is 5.96. The molecular formula is C27H26ClN3O4. The van der Waals surface area contributed by atoms with E-state index in [0.29, 0.717) is 28.8 Å². The molecule has 0 saturated carbocycles. The molecule has 0 unspecified atom stereocenters. The number of rotatable bonds is 8. The van der Waals surface area contributed by atoms with Crippen molar-refractivity contribution in [1.29, 1.82) is 0 Å². The number of amides is 4. The van der Waals surface area contributed by atoms with Crippen molar-refractivity contribution in [3.63, 3.8) is 0 Å². The first kappa shape index (κ1) is 24.3. The minimum absolute atomic E-state index is 0.172. The molecule has 0 aromatic heterocycles. The molecule has 1 fully saturated rings.